The number of nitrogens with zero attached hydrogens (tertiary/aromatic N) is 1. The van der Waals surface area contributed by atoms with E-state index in [1.807, 2.05) is 13.8 Å². The zero-order valence-electron chi connectivity index (χ0n) is 11.9. The third-order valence-electron chi connectivity index (χ3n) is 3.53. The molecular weight excluding hydrogens is 273 g/mol. The fourth-order valence-corrected chi connectivity index (χ4v) is 2.25. The van der Waals surface area contributed by atoms with E-state index >= 15 is 0 Å². The van der Waals surface area contributed by atoms with Crippen molar-refractivity contribution in [2.45, 2.75) is 39.0 Å². The number of rotatable bonds is 5. The number of aliphatic hydroxyl groups is 1. The normalized spacial score (nSPS) is 22.9. The lowest BCUT2D eigenvalue weighted by atomic mass is 9.97. The number of hydrogen-bond acceptors (Lipinski definition) is 3. The number of nitrogens with one attached hydrogen (secondary N) is 1. The molecule has 7 heteroatoms. The second-order valence-corrected chi connectivity index (χ2v) is 5.75. The molecule has 1 aliphatic heterocycles. The Kier molecular flexibility index (Phi) is 6.26. The van der Waals surface area contributed by atoms with Gasteiger partial charge in [0.2, 0.25) is 5.91 Å². The molecule has 1 saturated heterocycles. The lowest BCUT2D eigenvalue weighted by molar-refractivity contribution is -0.152. The van der Waals surface area contributed by atoms with E-state index in [2.05, 4.69) is 5.32 Å². The maximum Gasteiger partial charge on any atom is 0.401 e. The maximum atomic E-state index is 12.3. The van der Waals surface area contributed by atoms with E-state index < -0.39 is 24.7 Å². The molecule has 0 aromatic carbocycles. The minimum absolute atomic E-state index is 0.0309. The van der Waals surface area contributed by atoms with Gasteiger partial charge in [-0.1, -0.05) is 13.8 Å². The summed E-state index contributed by atoms with van der Waals surface area (Å²) in [5.74, 6) is -0.662. The number of halogens is 3. The Hall–Kier alpha value is -0.820. The number of alkyl halides is 3. The van der Waals surface area contributed by atoms with Gasteiger partial charge in [0.1, 0.15) is 0 Å². The highest BCUT2D eigenvalue weighted by atomic mass is 19.4. The molecule has 2 N–H and O–H groups in total. The van der Waals surface area contributed by atoms with Crippen molar-refractivity contribution >= 4 is 5.91 Å². The number of amides is 1. The Balaban J connectivity index is 2.40. The second kappa shape index (κ2) is 7.26. The van der Waals surface area contributed by atoms with Crippen LogP contribution in [0.2, 0.25) is 0 Å². The lowest BCUT2D eigenvalue weighted by Crippen LogP contribution is -2.47. The number of piperidine rings is 1. The molecule has 1 amide bonds. The second-order valence-electron chi connectivity index (χ2n) is 5.75. The third-order valence-corrected chi connectivity index (χ3v) is 3.53. The molecule has 1 fully saturated rings. The van der Waals surface area contributed by atoms with Crippen molar-refractivity contribution in [2.75, 3.05) is 26.2 Å². The molecule has 1 heterocycles. The van der Waals surface area contributed by atoms with Crippen molar-refractivity contribution in [1.82, 2.24) is 10.2 Å². The summed E-state index contributed by atoms with van der Waals surface area (Å²) < 4.78 is 37.0. The van der Waals surface area contributed by atoms with Crippen molar-refractivity contribution in [3.63, 3.8) is 0 Å². The Labute approximate surface area is 117 Å². The van der Waals surface area contributed by atoms with Crippen LogP contribution < -0.4 is 5.32 Å². The summed E-state index contributed by atoms with van der Waals surface area (Å²) in [5, 5.41) is 12.2. The average molecular weight is 296 g/mol. The molecule has 2 atom stereocenters. The molecule has 0 aliphatic carbocycles. The summed E-state index contributed by atoms with van der Waals surface area (Å²) in [5.41, 5.74) is 0. The number of aliphatic hydroxyl groups excluding tert-OH is 1. The van der Waals surface area contributed by atoms with Gasteiger partial charge in [-0.05, 0) is 25.3 Å². The van der Waals surface area contributed by atoms with Gasteiger partial charge in [-0.2, -0.15) is 13.2 Å². The predicted molar refractivity (Wildman–Crippen MR) is 69.1 cm³/mol. The largest absolute Gasteiger partial charge is 0.401 e. The highest BCUT2D eigenvalue weighted by molar-refractivity contribution is 5.79. The van der Waals surface area contributed by atoms with Gasteiger partial charge in [-0.3, -0.25) is 9.69 Å². The van der Waals surface area contributed by atoms with Crippen LogP contribution in [0.15, 0.2) is 0 Å². The number of hydrogen-bond donors (Lipinski definition) is 2. The molecule has 2 unspecified atom stereocenters. The average Bonchev–Trinajstić information content (AvgIpc) is 2.33. The van der Waals surface area contributed by atoms with E-state index in [0.29, 0.717) is 19.4 Å². The first-order chi connectivity index (χ1) is 9.19. The minimum atomic E-state index is -4.23. The summed E-state index contributed by atoms with van der Waals surface area (Å²) in [4.78, 5) is 13.2. The lowest BCUT2D eigenvalue weighted by Gasteiger charge is -2.32. The summed E-state index contributed by atoms with van der Waals surface area (Å²) in [6.07, 6.45) is -3.68. The van der Waals surface area contributed by atoms with Crippen molar-refractivity contribution in [2.24, 2.45) is 11.8 Å². The fraction of sp³-hybridized carbons (Fsp3) is 0.923. The maximum absolute atomic E-state index is 12.3. The molecule has 0 aromatic rings. The van der Waals surface area contributed by atoms with E-state index in [9.17, 15) is 23.1 Å². The summed E-state index contributed by atoms with van der Waals surface area (Å²) in [6, 6.07) is 0. The van der Waals surface area contributed by atoms with Crippen molar-refractivity contribution < 1.29 is 23.1 Å². The van der Waals surface area contributed by atoms with Crippen molar-refractivity contribution in [3.05, 3.63) is 0 Å². The predicted octanol–water partition coefficient (Wildman–Crippen LogP) is 1.39. The summed E-state index contributed by atoms with van der Waals surface area (Å²) in [6.45, 7) is 3.35. The standard InChI is InChI=1S/C13H23F3N2O2/c1-9(2)11(19)6-17-12(20)10-4-3-5-18(7-10)8-13(14,15)16/h9-11,19H,3-8H2,1-2H3,(H,17,20). The van der Waals surface area contributed by atoms with E-state index in [1.54, 1.807) is 0 Å². The van der Waals surface area contributed by atoms with Gasteiger partial charge < -0.3 is 10.4 Å². The molecule has 0 saturated carbocycles. The monoisotopic (exact) mass is 296 g/mol. The molecule has 0 aromatic heterocycles. The van der Waals surface area contributed by atoms with Crippen LogP contribution in [0.1, 0.15) is 26.7 Å². The van der Waals surface area contributed by atoms with Crippen LogP contribution in [0.5, 0.6) is 0 Å². The summed E-state index contributed by atoms with van der Waals surface area (Å²) in [7, 11) is 0. The van der Waals surface area contributed by atoms with Crippen LogP contribution in [-0.2, 0) is 4.79 Å². The Bertz CT molecular complexity index is 321. The molecule has 4 nitrogen and oxygen atoms in total. The van der Waals surface area contributed by atoms with Gasteiger partial charge in [0.05, 0.1) is 18.6 Å². The highest BCUT2D eigenvalue weighted by Crippen LogP contribution is 2.22. The Morgan fingerprint density at radius 1 is 1.45 bits per heavy atom. The van der Waals surface area contributed by atoms with Crippen molar-refractivity contribution in [3.8, 4) is 0 Å². The molecule has 1 aliphatic rings. The SMILES string of the molecule is CC(C)C(O)CNC(=O)C1CCCN(CC(F)(F)F)C1. The van der Waals surface area contributed by atoms with E-state index in [0.717, 1.165) is 0 Å². The van der Waals surface area contributed by atoms with Crippen LogP contribution in [-0.4, -0.2) is 54.4 Å². The van der Waals surface area contributed by atoms with Crippen LogP contribution in [0, 0.1) is 11.8 Å². The van der Waals surface area contributed by atoms with E-state index in [4.69, 9.17) is 0 Å². The van der Waals surface area contributed by atoms with Crippen LogP contribution in [0.25, 0.3) is 0 Å². The zero-order chi connectivity index (χ0) is 15.3. The minimum Gasteiger partial charge on any atom is -0.391 e. The molecule has 0 radical (unpaired) electrons. The van der Waals surface area contributed by atoms with Gasteiger partial charge in [0, 0.05) is 13.1 Å². The summed E-state index contributed by atoms with van der Waals surface area (Å²) >= 11 is 0. The molecule has 0 spiro atoms. The van der Waals surface area contributed by atoms with Gasteiger partial charge in [0.15, 0.2) is 0 Å². The Morgan fingerprint density at radius 2 is 2.10 bits per heavy atom. The topological polar surface area (TPSA) is 52.6 Å². The van der Waals surface area contributed by atoms with Gasteiger partial charge in [-0.15, -0.1) is 0 Å². The first-order valence-corrected chi connectivity index (χ1v) is 6.94. The molecular formula is C13H23F3N2O2. The number of carbonyl (C=O) groups is 1. The molecule has 1 rings (SSSR count). The highest BCUT2D eigenvalue weighted by Gasteiger charge is 2.34. The third kappa shape index (κ3) is 6.09. The first-order valence-electron chi connectivity index (χ1n) is 6.94. The zero-order valence-corrected chi connectivity index (χ0v) is 11.9. The Morgan fingerprint density at radius 3 is 2.65 bits per heavy atom. The van der Waals surface area contributed by atoms with Crippen LogP contribution in [0.3, 0.4) is 0 Å². The van der Waals surface area contributed by atoms with Crippen LogP contribution >= 0.6 is 0 Å². The smallest absolute Gasteiger partial charge is 0.391 e. The van der Waals surface area contributed by atoms with Gasteiger partial charge in [0.25, 0.3) is 0 Å². The quantitative estimate of drug-likeness (QED) is 0.806. The molecule has 20 heavy (non-hydrogen) atoms. The number of carbonyl (C=O) groups excluding carboxylic acids is 1. The van der Waals surface area contributed by atoms with E-state index in [1.165, 1.54) is 4.90 Å². The van der Waals surface area contributed by atoms with Gasteiger partial charge >= 0.3 is 6.18 Å². The number of likely N-dealkylation sites (tertiary alicyclic amines) is 1. The first kappa shape index (κ1) is 17.2. The van der Waals surface area contributed by atoms with E-state index in [-0.39, 0.29) is 24.9 Å². The van der Waals surface area contributed by atoms with Crippen LogP contribution in [0.4, 0.5) is 13.2 Å². The van der Waals surface area contributed by atoms with Gasteiger partial charge in [-0.25, -0.2) is 0 Å². The fourth-order valence-electron chi connectivity index (χ4n) is 2.25. The molecule has 118 valence electrons. The van der Waals surface area contributed by atoms with Crippen molar-refractivity contribution in [1.29, 1.82) is 0 Å². The molecule has 0 bridgehead atoms.